The molecular weight excluding hydrogens is 456 g/mol. The molecule has 3 aromatic carbocycles. The molecule has 1 atom stereocenters. The molecule has 0 bridgehead atoms. The second-order valence-electron chi connectivity index (χ2n) is 8.05. The van der Waals surface area contributed by atoms with Crippen LogP contribution in [0.3, 0.4) is 0 Å². The summed E-state index contributed by atoms with van der Waals surface area (Å²) in [7, 11) is 0. The highest BCUT2D eigenvalue weighted by Crippen LogP contribution is 2.18. The minimum Gasteiger partial charge on any atom is -0.492 e. The van der Waals surface area contributed by atoms with E-state index in [-0.39, 0.29) is 36.4 Å². The fraction of sp³-hybridized carbons (Fsp3) is 0.143. The molecule has 8 nitrogen and oxygen atoms in total. The van der Waals surface area contributed by atoms with Gasteiger partial charge in [-0.25, -0.2) is 4.68 Å². The van der Waals surface area contributed by atoms with E-state index in [0.29, 0.717) is 17.0 Å². The number of amides is 2. The Labute approximate surface area is 208 Å². The maximum absolute atomic E-state index is 13.0. The maximum atomic E-state index is 13.0. The summed E-state index contributed by atoms with van der Waals surface area (Å²) in [6.07, 6.45) is 0. The molecule has 0 aliphatic carbocycles. The van der Waals surface area contributed by atoms with Crippen molar-refractivity contribution in [1.82, 2.24) is 15.1 Å². The standard InChI is InChI=1S/C28H26N4O4/c1-20(21-10-4-2-5-11-21)29-27(34)23-14-8-9-15-24(23)30-28(35)25-16-17-26(33)32(31-25)18-19-36-22-12-6-3-7-13-22/h2-17,20H,18-19H2,1H3,(H,29,34)(H,30,35). The normalized spacial score (nSPS) is 11.4. The third kappa shape index (κ3) is 6.24. The van der Waals surface area contributed by atoms with Gasteiger partial charge in [0.15, 0.2) is 0 Å². The molecule has 0 saturated carbocycles. The average Bonchev–Trinajstić information content (AvgIpc) is 2.91. The van der Waals surface area contributed by atoms with Crippen molar-refractivity contribution < 1.29 is 14.3 Å². The van der Waals surface area contributed by atoms with E-state index in [0.717, 1.165) is 5.56 Å². The molecule has 1 aromatic heterocycles. The van der Waals surface area contributed by atoms with E-state index >= 15 is 0 Å². The fourth-order valence-electron chi connectivity index (χ4n) is 3.57. The molecule has 8 heteroatoms. The summed E-state index contributed by atoms with van der Waals surface area (Å²) in [6.45, 7) is 2.28. The molecule has 0 aliphatic heterocycles. The molecule has 182 valence electrons. The molecule has 0 spiro atoms. The molecule has 0 aliphatic rings. The van der Waals surface area contributed by atoms with E-state index in [1.54, 1.807) is 24.3 Å². The lowest BCUT2D eigenvalue weighted by Crippen LogP contribution is -2.29. The second-order valence-corrected chi connectivity index (χ2v) is 8.05. The Bertz CT molecular complexity index is 1390. The van der Waals surface area contributed by atoms with E-state index in [2.05, 4.69) is 15.7 Å². The molecule has 1 unspecified atom stereocenters. The van der Waals surface area contributed by atoms with Gasteiger partial charge in [-0.1, -0.05) is 60.7 Å². The van der Waals surface area contributed by atoms with Gasteiger partial charge in [0.1, 0.15) is 18.1 Å². The van der Waals surface area contributed by atoms with Crippen LogP contribution in [-0.2, 0) is 6.54 Å². The Morgan fingerprint density at radius 3 is 2.28 bits per heavy atom. The first-order valence-electron chi connectivity index (χ1n) is 11.5. The maximum Gasteiger partial charge on any atom is 0.276 e. The summed E-state index contributed by atoms with van der Waals surface area (Å²) in [6, 6.07) is 28.0. The van der Waals surface area contributed by atoms with Gasteiger partial charge in [-0.15, -0.1) is 0 Å². The van der Waals surface area contributed by atoms with E-state index in [1.165, 1.54) is 16.8 Å². The third-order valence-corrected chi connectivity index (χ3v) is 5.48. The number of nitrogens with one attached hydrogen (secondary N) is 2. The molecule has 2 N–H and O–H groups in total. The highest BCUT2D eigenvalue weighted by Gasteiger charge is 2.17. The summed E-state index contributed by atoms with van der Waals surface area (Å²) in [5.74, 6) is -0.182. The Morgan fingerprint density at radius 1 is 0.861 bits per heavy atom. The highest BCUT2D eigenvalue weighted by atomic mass is 16.5. The van der Waals surface area contributed by atoms with Crippen molar-refractivity contribution in [2.24, 2.45) is 0 Å². The number of ether oxygens (including phenoxy) is 1. The molecule has 2 amide bonds. The SMILES string of the molecule is CC(NC(=O)c1ccccc1NC(=O)c1ccc(=O)n(CCOc2ccccc2)n1)c1ccccc1. The van der Waals surface area contributed by atoms with Crippen LogP contribution in [0.4, 0.5) is 5.69 Å². The monoisotopic (exact) mass is 482 g/mol. The van der Waals surface area contributed by atoms with Crippen LogP contribution in [0.2, 0.25) is 0 Å². The van der Waals surface area contributed by atoms with E-state index in [1.807, 2.05) is 67.6 Å². The number of carbonyl (C=O) groups is 2. The molecule has 0 saturated heterocycles. The molecule has 4 rings (SSSR count). The summed E-state index contributed by atoms with van der Waals surface area (Å²) in [4.78, 5) is 38.1. The molecular formula is C28H26N4O4. The van der Waals surface area contributed by atoms with Crippen molar-refractivity contribution in [3.63, 3.8) is 0 Å². The van der Waals surface area contributed by atoms with Crippen LogP contribution in [0.1, 0.15) is 39.4 Å². The van der Waals surface area contributed by atoms with Crippen molar-refractivity contribution >= 4 is 17.5 Å². The zero-order valence-electron chi connectivity index (χ0n) is 19.8. The Balaban J connectivity index is 1.44. The number of para-hydroxylation sites is 2. The largest absolute Gasteiger partial charge is 0.492 e. The lowest BCUT2D eigenvalue weighted by atomic mass is 10.1. The van der Waals surface area contributed by atoms with Gasteiger partial charge in [-0.2, -0.15) is 5.10 Å². The summed E-state index contributed by atoms with van der Waals surface area (Å²) in [5, 5.41) is 9.87. The Kier molecular flexibility index (Phi) is 7.87. The second kappa shape index (κ2) is 11.6. The first kappa shape index (κ1) is 24.4. The van der Waals surface area contributed by atoms with Gasteiger partial charge in [-0.05, 0) is 42.8 Å². The molecule has 36 heavy (non-hydrogen) atoms. The Morgan fingerprint density at radius 2 is 1.53 bits per heavy atom. The molecule has 0 radical (unpaired) electrons. The number of carbonyl (C=O) groups excluding carboxylic acids is 2. The predicted molar refractivity (Wildman–Crippen MR) is 137 cm³/mol. The van der Waals surface area contributed by atoms with Crippen LogP contribution >= 0.6 is 0 Å². The smallest absolute Gasteiger partial charge is 0.276 e. The molecule has 0 fully saturated rings. The molecule has 1 heterocycles. The lowest BCUT2D eigenvalue weighted by molar-refractivity contribution is 0.0940. The van der Waals surface area contributed by atoms with Crippen molar-refractivity contribution in [3.05, 3.63) is 124 Å². The zero-order valence-corrected chi connectivity index (χ0v) is 19.8. The quantitative estimate of drug-likeness (QED) is 0.375. The number of rotatable bonds is 9. The van der Waals surface area contributed by atoms with Crippen LogP contribution in [-0.4, -0.2) is 28.2 Å². The molecule has 4 aromatic rings. The topological polar surface area (TPSA) is 102 Å². The summed E-state index contributed by atoms with van der Waals surface area (Å²) in [5.41, 5.74) is 1.32. The van der Waals surface area contributed by atoms with Crippen molar-refractivity contribution in [2.45, 2.75) is 19.5 Å². The fourth-order valence-corrected chi connectivity index (χ4v) is 3.57. The van der Waals surface area contributed by atoms with Gasteiger partial charge in [0.25, 0.3) is 17.4 Å². The van der Waals surface area contributed by atoms with Crippen LogP contribution in [0.15, 0.2) is 102 Å². The van der Waals surface area contributed by atoms with E-state index in [9.17, 15) is 14.4 Å². The van der Waals surface area contributed by atoms with Crippen LogP contribution in [0, 0.1) is 0 Å². The number of hydrogen-bond acceptors (Lipinski definition) is 5. The van der Waals surface area contributed by atoms with E-state index in [4.69, 9.17) is 4.74 Å². The number of benzene rings is 3. The summed E-state index contributed by atoms with van der Waals surface area (Å²) < 4.78 is 6.80. The van der Waals surface area contributed by atoms with Gasteiger partial charge in [0.2, 0.25) is 0 Å². The van der Waals surface area contributed by atoms with Crippen LogP contribution in [0.25, 0.3) is 0 Å². The first-order valence-corrected chi connectivity index (χ1v) is 11.5. The number of nitrogens with zero attached hydrogens (tertiary/aromatic N) is 2. The zero-order chi connectivity index (χ0) is 25.3. The third-order valence-electron chi connectivity index (χ3n) is 5.48. The first-order chi connectivity index (χ1) is 17.5. The highest BCUT2D eigenvalue weighted by molar-refractivity contribution is 6.08. The van der Waals surface area contributed by atoms with Crippen LogP contribution in [0.5, 0.6) is 5.75 Å². The van der Waals surface area contributed by atoms with Gasteiger partial charge in [0.05, 0.1) is 23.8 Å². The predicted octanol–water partition coefficient (Wildman–Crippen LogP) is 4.07. The van der Waals surface area contributed by atoms with Gasteiger partial charge >= 0.3 is 0 Å². The van der Waals surface area contributed by atoms with Crippen molar-refractivity contribution in [3.8, 4) is 5.75 Å². The summed E-state index contributed by atoms with van der Waals surface area (Å²) >= 11 is 0. The minimum atomic E-state index is -0.538. The Hall–Kier alpha value is -4.72. The number of aromatic nitrogens is 2. The minimum absolute atomic E-state index is 0.0437. The van der Waals surface area contributed by atoms with Crippen molar-refractivity contribution in [1.29, 1.82) is 0 Å². The van der Waals surface area contributed by atoms with Gasteiger partial charge < -0.3 is 15.4 Å². The number of hydrogen-bond donors (Lipinski definition) is 2. The number of anilines is 1. The van der Waals surface area contributed by atoms with Gasteiger partial charge in [0, 0.05) is 6.07 Å². The van der Waals surface area contributed by atoms with E-state index < -0.39 is 5.91 Å². The average molecular weight is 483 g/mol. The van der Waals surface area contributed by atoms with Crippen LogP contribution < -0.4 is 20.9 Å². The lowest BCUT2D eigenvalue weighted by Gasteiger charge is -2.16. The van der Waals surface area contributed by atoms with Gasteiger partial charge in [-0.3, -0.25) is 14.4 Å². The van der Waals surface area contributed by atoms with Crippen molar-refractivity contribution in [2.75, 3.05) is 11.9 Å².